The van der Waals surface area contributed by atoms with Gasteiger partial charge in [-0.3, -0.25) is 4.79 Å². The molecule has 1 aromatic heterocycles. The third-order valence-corrected chi connectivity index (χ3v) is 3.09. The molecule has 1 aromatic carbocycles. The van der Waals surface area contributed by atoms with Gasteiger partial charge in [-0.1, -0.05) is 37.6 Å². The number of nitrogens with one attached hydrogen (secondary N) is 1. The van der Waals surface area contributed by atoms with Crippen LogP contribution in [0.3, 0.4) is 0 Å². The first-order valence-electron chi connectivity index (χ1n) is 5.86. The maximum atomic E-state index is 11.9. The van der Waals surface area contributed by atoms with Crippen molar-refractivity contribution in [2.45, 2.75) is 26.7 Å². The number of hydrogen-bond donors (Lipinski definition) is 1. The molecule has 0 aliphatic heterocycles. The molecule has 2 aromatic rings. The van der Waals surface area contributed by atoms with Crippen LogP contribution in [0.15, 0.2) is 29.1 Å². The van der Waals surface area contributed by atoms with Gasteiger partial charge in [0.1, 0.15) is 5.82 Å². The molecular formula is C14H15ClN2O. The smallest absolute Gasteiger partial charge is 0.254 e. The van der Waals surface area contributed by atoms with Gasteiger partial charge in [0.05, 0.1) is 5.69 Å². The van der Waals surface area contributed by atoms with Crippen molar-refractivity contribution >= 4 is 11.6 Å². The molecule has 1 N–H and O–H groups in total. The summed E-state index contributed by atoms with van der Waals surface area (Å²) in [7, 11) is 0. The molecule has 0 amide bonds. The molecule has 4 heteroatoms. The molecule has 0 saturated heterocycles. The third kappa shape index (κ3) is 2.46. The van der Waals surface area contributed by atoms with Crippen LogP contribution in [0, 0.1) is 6.92 Å². The fourth-order valence-corrected chi connectivity index (χ4v) is 1.84. The summed E-state index contributed by atoms with van der Waals surface area (Å²) in [6.45, 7) is 5.78. The van der Waals surface area contributed by atoms with Gasteiger partial charge >= 0.3 is 0 Å². The van der Waals surface area contributed by atoms with E-state index in [9.17, 15) is 4.79 Å². The minimum absolute atomic E-state index is 0.0846. The van der Waals surface area contributed by atoms with Crippen LogP contribution in [0.2, 0.25) is 5.02 Å². The Morgan fingerprint density at radius 3 is 2.39 bits per heavy atom. The van der Waals surface area contributed by atoms with Crippen LogP contribution in [0.5, 0.6) is 0 Å². The van der Waals surface area contributed by atoms with Gasteiger partial charge in [-0.25, -0.2) is 4.98 Å². The molecule has 0 atom stereocenters. The van der Waals surface area contributed by atoms with Gasteiger partial charge in [-0.15, -0.1) is 0 Å². The van der Waals surface area contributed by atoms with Crippen molar-refractivity contribution in [1.29, 1.82) is 0 Å². The topological polar surface area (TPSA) is 45.8 Å². The van der Waals surface area contributed by atoms with Crippen molar-refractivity contribution in [3.8, 4) is 11.3 Å². The zero-order valence-corrected chi connectivity index (χ0v) is 11.4. The van der Waals surface area contributed by atoms with Crippen molar-refractivity contribution in [1.82, 2.24) is 9.97 Å². The Labute approximate surface area is 111 Å². The second kappa shape index (κ2) is 4.94. The Hall–Kier alpha value is -1.61. The fourth-order valence-electron chi connectivity index (χ4n) is 1.71. The van der Waals surface area contributed by atoms with Crippen molar-refractivity contribution in [2.24, 2.45) is 0 Å². The lowest BCUT2D eigenvalue weighted by Gasteiger charge is -2.09. The van der Waals surface area contributed by atoms with Gasteiger partial charge in [0.15, 0.2) is 0 Å². The molecular weight excluding hydrogens is 248 g/mol. The number of benzene rings is 1. The highest BCUT2D eigenvalue weighted by Crippen LogP contribution is 2.22. The Morgan fingerprint density at radius 2 is 1.83 bits per heavy atom. The summed E-state index contributed by atoms with van der Waals surface area (Å²) in [5, 5.41) is 0.672. The number of hydrogen-bond acceptors (Lipinski definition) is 2. The lowest BCUT2D eigenvalue weighted by atomic mass is 10.1. The minimum Gasteiger partial charge on any atom is -0.310 e. The molecule has 3 nitrogen and oxygen atoms in total. The van der Waals surface area contributed by atoms with Gasteiger partial charge in [-0.05, 0) is 19.1 Å². The van der Waals surface area contributed by atoms with Crippen LogP contribution >= 0.6 is 11.6 Å². The monoisotopic (exact) mass is 262 g/mol. The SMILES string of the molecule is Cc1c(-c2ccc(Cl)cc2)nc(C(C)C)[nH]c1=O. The second-order valence-electron chi connectivity index (χ2n) is 4.59. The first-order chi connectivity index (χ1) is 8.49. The fraction of sp³-hybridized carbons (Fsp3) is 0.286. The third-order valence-electron chi connectivity index (χ3n) is 2.83. The summed E-state index contributed by atoms with van der Waals surface area (Å²) in [6.07, 6.45) is 0. The van der Waals surface area contributed by atoms with E-state index in [1.54, 1.807) is 19.1 Å². The first kappa shape index (κ1) is 12.8. The molecule has 0 spiro atoms. The predicted molar refractivity (Wildman–Crippen MR) is 74.1 cm³/mol. The molecule has 0 saturated carbocycles. The van der Waals surface area contributed by atoms with Gasteiger partial charge in [0, 0.05) is 22.1 Å². The summed E-state index contributed by atoms with van der Waals surface area (Å²) in [4.78, 5) is 19.2. The highest BCUT2D eigenvalue weighted by molar-refractivity contribution is 6.30. The number of aromatic nitrogens is 2. The zero-order valence-electron chi connectivity index (χ0n) is 10.6. The lowest BCUT2D eigenvalue weighted by molar-refractivity contribution is 0.765. The molecule has 0 bridgehead atoms. The molecule has 0 radical (unpaired) electrons. The number of H-pyrrole nitrogens is 1. The van der Waals surface area contributed by atoms with E-state index in [1.165, 1.54) is 0 Å². The minimum atomic E-state index is -0.0846. The van der Waals surface area contributed by atoms with Crippen molar-refractivity contribution in [3.05, 3.63) is 51.0 Å². The quantitative estimate of drug-likeness (QED) is 0.900. The van der Waals surface area contributed by atoms with E-state index < -0.39 is 0 Å². The highest BCUT2D eigenvalue weighted by atomic mass is 35.5. The van der Waals surface area contributed by atoms with Gasteiger partial charge < -0.3 is 4.98 Å². The molecule has 0 fully saturated rings. The van der Waals surface area contributed by atoms with Crippen molar-refractivity contribution < 1.29 is 0 Å². The summed E-state index contributed by atoms with van der Waals surface area (Å²) >= 11 is 5.86. The van der Waals surface area contributed by atoms with Gasteiger partial charge in [-0.2, -0.15) is 0 Å². The predicted octanol–water partition coefficient (Wildman–Crippen LogP) is 3.52. The average Bonchev–Trinajstić information content (AvgIpc) is 2.33. The van der Waals surface area contributed by atoms with E-state index >= 15 is 0 Å². The second-order valence-corrected chi connectivity index (χ2v) is 5.02. The van der Waals surface area contributed by atoms with E-state index in [-0.39, 0.29) is 11.5 Å². The summed E-state index contributed by atoms with van der Waals surface area (Å²) < 4.78 is 0. The normalized spacial score (nSPS) is 10.9. The lowest BCUT2D eigenvalue weighted by Crippen LogP contribution is -2.16. The maximum Gasteiger partial charge on any atom is 0.254 e. The van der Waals surface area contributed by atoms with Gasteiger partial charge in [0.25, 0.3) is 5.56 Å². The van der Waals surface area contributed by atoms with Crippen molar-refractivity contribution in [2.75, 3.05) is 0 Å². The van der Waals surface area contributed by atoms with E-state index in [0.717, 1.165) is 11.3 Å². The zero-order chi connectivity index (χ0) is 13.3. The van der Waals surface area contributed by atoms with Crippen LogP contribution in [-0.4, -0.2) is 9.97 Å². The summed E-state index contributed by atoms with van der Waals surface area (Å²) in [5.41, 5.74) is 2.17. The standard InChI is InChI=1S/C14H15ClN2O/c1-8(2)13-16-12(9(3)14(18)17-13)10-4-6-11(15)7-5-10/h4-8H,1-3H3,(H,16,17,18). The number of halogens is 1. The highest BCUT2D eigenvalue weighted by Gasteiger charge is 2.11. The number of rotatable bonds is 2. The van der Waals surface area contributed by atoms with E-state index in [2.05, 4.69) is 9.97 Å². The van der Waals surface area contributed by atoms with Gasteiger partial charge in [0.2, 0.25) is 0 Å². The Balaban J connectivity index is 2.63. The molecule has 0 unspecified atom stereocenters. The molecule has 2 rings (SSSR count). The number of aromatic amines is 1. The maximum absolute atomic E-state index is 11.9. The summed E-state index contributed by atoms with van der Waals surface area (Å²) in [6, 6.07) is 7.35. The number of nitrogens with zero attached hydrogens (tertiary/aromatic N) is 1. The Kier molecular flexibility index (Phi) is 3.53. The molecule has 0 aliphatic carbocycles. The van der Waals surface area contributed by atoms with Crippen LogP contribution in [0.1, 0.15) is 31.2 Å². The largest absolute Gasteiger partial charge is 0.310 e. The molecule has 1 heterocycles. The Morgan fingerprint density at radius 1 is 1.22 bits per heavy atom. The van der Waals surface area contributed by atoms with Crippen molar-refractivity contribution in [3.63, 3.8) is 0 Å². The van der Waals surface area contributed by atoms with Crippen LogP contribution in [0.4, 0.5) is 0 Å². The average molecular weight is 263 g/mol. The van der Waals surface area contributed by atoms with E-state index in [4.69, 9.17) is 11.6 Å². The van der Waals surface area contributed by atoms with E-state index in [0.29, 0.717) is 16.4 Å². The van der Waals surface area contributed by atoms with Crippen LogP contribution in [-0.2, 0) is 0 Å². The Bertz CT molecular complexity index is 615. The van der Waals surface area contributed by atoms with E-state index in [1.807, 2.05) is 26.0 Å². The molecule has 94 valence electrons. The van der Waals surface area contributed by atoms with Crippen LogP contribution < -0.4 is 5.56 Å². The molecule has 18 heavy (non-hydrogen) atoms. The molecule has 0 aliphatic rings. The summed E-state index contributed by atoms with van der Waals surface area (Å²) in [5.74, 6) is 0.889. The van der Waals surface area contributed by atoms with Crippen LogP contribution in [0.25, 0.3) is 11.3 Å². The first-order valence-corrected chi connectivity index (χ1v) is 6.23.